The maximum atomic E-state index is 5.64. The summed E-state index contributed by atoms with van der Waals surface area (Å²) in [5, 5.41) is 3.27. The second-order valence-corrected chi connectivity index (χ2v) is 3.96. The Morgan fingerprint density at radius 1 is 1.18 bits per heavy atom. The molecule has 1 atom stereocenters. The van der Waals surface area contributed by atoms with E-state index in [2.05, 4.69) is 36.5 Å². The molecular formula is C14H23NO2. The lowest BCUT2D eigenvalue weighted by atomic mass is 10.0. The summed E-state index contributed by atoms with van der Waals surface area (Å²) >= 11 is 0. The van der Waals surface area contributed by atoms with Crippen LogP contribution in [0, 0.1) is 6.92 Å². The highest BCUT2D eigenvalue weighted by Crippen LogP contribution is 2.21. The van der Waals surface area contributed by atoms with Gasteiger partial charge in [0.05, 0.1) is 6.04 Å². The van der Waals surface area contributed by atoms with Crippen molar-refractivity contribution in [3.63, 3.8) is 0 Å². The van der Waals surface area contributed by atoms with Crippen LogP contribution in [-0.2, 0) is 9.47 Å². The summed E-state index contributed by atoms with van der Waals surface area (Å²) in [5.41, 5.74) is 2.44. The first-order valence-corrected chi connectivity index (χ1v) is 6.20. The normalized spacial score (nSPS) is 13.0. The van der Waals surface area contributed by atoms with E-state index in [1.807, 2.05) is 20.9 Å². The maximum Gasteiger partial charge on any atom is 0.176 e. The van der Waals surface area contributed by atoms with Gasteiger partial charge in [-0.15, -0.1) is 0 Å². The summed E-state index contributed by atoms with van der Waals surface area (Å²) in [7, 11) is 1.93. The first kappa shape index (κ1) is 14.2. The first-order valence-electron chi connectivity index (χ1n) is 6.20. The molecule has 3 heteroatoms. The lowest BCUT2D eigenvalue weighted by Crippen LogP contribution is -2.34. The van der Waals surface area contributed by atoms with Gasteiger partial charge in [-0.05, 0) is 33.4 Å². The monoisotopic (exact) mass is 237 g/mol. The molecule has 1 aromatic rings. The van der Waals surface area contributed by atoms with Crippen LogP contribution in [0.25, 0.3) is 0 Å². The third kappa shape index (κ3) is 4.11. The summed E-state index contributed by atoms with van der Waals surface area (Å²) in [4.78, 5) is 0. The highest BCUT2D eigenvalue weighted by atomic mass is 16.7. The molecule has 0 spiro atoms. The van der Waals surface area contributed by atoms with Crippen molar-refractivity contribution in [3.8, 4) is 0 Å². The minimum Gasteiger partial charge on any atom is -0.351 e. The fourth-order valence-corrected chi connectivity index (χ4v) is 1.89. The van der Waals surface area contributed by atoms with E-state index in [1.54, 1.807) is 0 Å². The van der Waals surface area contributed by atoms with Gasteiger partial charge in [0.2, 0.25) is 0 Å². The van der Waals surface area contributed by atoms with Crippen LogP contribution >= 0.6 is 0 Å². The topological polar surface area (TPSA) is 30.5 Å². The van der Waals surface area contributed by atoms with Crippen molar-refractivity contribution < 1.29 is 9.47 Å². The Labute approximate surface area is 104 Å². The molecule has 0 fully saturated rings. The second-order valence-electron chi connectivity index (χ2n) is 3.96. The lowest BCUT2D eigenvalue weighted by molar-refractivity contribution is -0.154. The van der Waals surface area contributed by atoms with Crippen molar-refractivity contribution in [2.24, 2.45) is 0 Å². The largest absolute Gasteiger partial charge is 0.351 e. The highest BCUT2D eigenvalue weighted by molar-refractivity contribution is 5.25. The van der Waals surface area contributed by atoms with Gasteiger partial charge in [0.1, 0.15) is 0 Å². The fraction of sp³-hybridized carbons (Fsp3) is 0.571. The number of rotatable bonds is 7. The van der Waals surface area contributed by atoms with Crippen molar-refractivity contribution in [2.75, 3.05) is 20.3 Å². The summed E-state index contributed by atoms with van der Waals surface area (Å²) in [6.45, 7) is 7.35. The Balaban J connectivity index is 2.87. The van der Waals surface area contributed by atoms with E-state index in [-0.39, 0.29) is 12.3 Å². The molecule has 0 aliphatic rings. The minimum atomic E-state index is -0.239. The molecule has 96 valence electrons. The van der Waals surface area contributed by atoms with E-state index >= 15 is 0 Å². The molecule has 0 aliphatic heterocycles. The molecule has 1 rings (SSSR count). The number of hydrogen-bond donors (Lipinski definition) is 1. The molecule has 0 aliphatic carbocycles. The summed E-state index contributed by atoms with van der Waals surface area (Å²) in [5.74, 6) is 0. The lowest BCUT2D eigenvalue weighted by Gasteiger charge is -2.27. The number of nitrogens with one attached hydrogen (secondary N) is 1. The first-order chi connectivity index (χ1) is 8.22. The third-order valence-corrected chi connectivity index (χ3v) is 2.65. The number of hydrogen-bond acceptors (Lipinski definition) is 3. The Morgan fingerprint density at radius 2 is 1.82 bits per heavy atom. The molecule has 0 aromatic heterocycles. The summed E-state index contributed by atoms with van der Waals surface area (Å²) in [6.07, 6.45) is -0.239. The van der Waals surface area contributed by atoms with Gasteiger partial charge >= 0.3 is 0 Å². The van der Waals surface area contributed by atoms with E-state index in [9.17, 15) is 0 Å². The third-order valence-electron chi connectivity index (χ3n) is 2.65. The van der Waals surface area contributed by atoms with E-state index in [4.69, 9.17) is 9.47 Å². The molecule has 1 N–H and O–H groups in total. The van der Waals surface area contributed by atoms with Crippen molar-refractivity contribution >= 4 is 0 Å². The van der Waals surface area contributed by atoms with Gasteiger partial charge in [-0.1, -0.05) is 29.8 Å². The van der Waals surface area contributed by atoms with Crippen LogP contribution in [0.4, 0.5) is 0 Å². The predicted octanol–water partition coefficient (Wildman–Crippen LogP) is 2.65. The molecule has 1 aromatic carbocycles. The zero-order valence-electron chi connectivity index (χ0n) is 11.2. The standard InChI is InChI=1S/C14H23NO2/c1-5-16-14(17-6-2)13(15-4)12-9-7-8-11(3)10-12/h7-10,13-15H,5-6H2,1-4H3. The van der Waals surface area contributed by atoms with Gasteiger partial charge in [0.15, 0.2) is 6.29 Å². The van der Waals surface area contributed by atoms with Crippen LogP contribution in [0.1, 0.15) is 31.0 Å². The Kier molecular flexibility index (Phi) is 6.19. The van der Waals surface area contributed by atoms with Gasteiger partial charge in [0, 0.05) is 13.2 Å². The quantitative estimate of drug-likeness (QED) is 0.740. The summed E-state index contributed by atoms with van der Waals surface area (Å²) < 4.78 is 11.3. The van der Waals surface area contributed by atoms with Gasteiger partial charge in [-0.2, -0.15) is 0 Å². The smallest absolute Gasteiger partial charge is 0.176 e. The molecule has 17 heavy (non-hydrogen) atoms. The molecule has 0 bridgehead atoms. The molecule has 0 heterocycles. The molecule has 0 amide bonds. The van der Waals surface area contributed by atoms with Crippen molar-refractivity contribution in [3.05, 3.63) is 35.4 Å². The van der Waals surface area contributed by atoms with Crippen molar-refractivity contribution in [1.82, 2.24) is 5.32 Å². The van der Waals surface area contributed by atoms with E-state index < -0.39 is 0 Å². The van der Waals surface area contributed by atoms with Crippen LogP contribution in [0.3, 0.4) is 0 Å². The molecule has 1 unspecified atom stereocenters. The second kappa shape index (κ2) is 7.43. The predicted molar refractivity (Wildman–Crippen MR) is 70.0 cm³/mol. The van der Waals surface area contributed by atoms with E-state index in [0.29, 0.717) is 13.2 Å². The van der Waals surface area contributed by atoms with Crippen molar-refractivity contribution in [1.29, 1.82) is 0 Å². The van der Waals surface area contributed by atoms with Gasteiger partial charge in [-0.3, -0.25) is 0 Å². The zero-order valence-corrected chi connectivity index (χ0v) is 11.2. The Morgan fingerprint density at radius 3 is 2.29 bits per heavy atom. The minimum absolute atomic E-state index is 0.0646. The molecule has 0 saturated carbocycles. The zero-order chi connectivity index (χ0) is 12.7. The van der Waals surface area contributed by atoms with Crippen LogP contribution in [0.2, 0.25) is 0 Å². The molecule has 0 radical (unpaired) electrons. The van der Waals surface area contributed by atoms with Gasteiger partial charge < -0.3 is 14.8 Å². The van der Waals surface area contributed by atoms with Gasteiger partial charge in [0.25, 0.3) is 0 Å². The SMILES string of the molecule is CCOC(OCC)C(NC)c1cccc(C)c1. The van der Waals surface area contributed by atoms with Crippen molar-refractivity contribution in [2.45, 2.75) is 33.1 Å². The Hall–Kier alpha value is -0.900. The molecular weight excluding hydrogens is 214 g/mol. The maximum absolute atomic E-state index is 5.64. The average Bonchev–Trinajstić information content (AvgIpc) is 2.31. The van der Waals surface area contributed by atoms with Crippen LogP contribution < -0.4 is 5.32 Å². The van der Waals surface area contributed by atoms with E-state index in [1.165, 1.54) is 11.1 Å². The fourth-order valence-electron chi connectivity index (χ4n) is 1.89. The van der Waals surface area contributed by atoms with Crippen LogP contribution in [0.15, 0.2) is 24.3 Å². The number of aryl methyl sites for hydroxylation is 1. The summed E-state index contributed by atoms with van der Waals surface area (Å²) in [6, 6.07) is 8.47. The van der Waals surface area contributed by atoms with Crippen LogP contribution in [-0.4, -0.2) is 26.6 Å². The Bertz CT molecular complexity index is 322. The number of likely N-dealkylation sites (N-methyl/N-ethyl adjacent to an activating group) is 1. The van der Waals surface area contributed by atoms with Crippen LogP contribution in [0.5, 0.6) is 0 Å². The number of ether oxygens (including phenoxy) is 2. The molecule has 3 nitrogen and oxygen atoms in total. The van der Waals surface area contributed by atoms with E-state index in [0.717, 1.165) is 0 Å². The highest BCUT2D eigenvalue weighted by Gasteiger charge is 2.22. The number of benzene rings is 1. The van der Waals surface area contributed by atoms with Gasteiger partial charge in [-0.25, -0.2) is 0 Å². The molecule has 0 saturated heterocycles. The average molecular weight is 237 g/mol.